The fourth-order valence-corrected chi connectivity index (χ4v) is 1.80. The average Bonchev–Trinajstić information content (AvgIpc) is 2.86. The highest BCUT2D eigenvalue weighted by atomic mass is 16.5. The van der Waals surface area contributed by atoms with Crippen LogP contribution in [0.4, 0.5) is 5.88 Å². The van der Waals surface area contributed by atoms with Gasteiger partial charge in [0.05, 0.1) is 6.26 Å². The van der Waals surface area contributed by atoms with E-state index in [-0.39, 0.29) is 0 Å². The highest BCUT2D eigenvalue weighted by molar-refractivity contribution is 5.93. The topological polar surface area (TPSA) is 65.2 Å². The number of hydrogen-bond acceptors (Lipinski definition) is 4. The van der Waals surface area contributed by atoms with Gasteiger partial charge < -0.3 is 14.7 Å². The monoisotopic (exact) mass is 214 g/mol. The summed E-state index contributed by atoms with van der Waals surface area (Å²) in [5.41, 5.74) is 9.01. The van der Waals surface area contributed by atoms with E-state index in [1.165, 1.54) is 0 Å². The second-order valence-electron chi connectivity index (χ2n) is 3.72. The Morgan fingerprint density at radius 3 is 2.94 bits per heavy atom. The van der Waals surface area contributed by atoms with Gasteiger partial charge in [-0.25, -0.2) is 0 Å². The minimum Gasteiger partial charge on any atom is -0.463 e. The van der Waals surface area contributed by atoms with Crippen LogP contribution in [0.2, 0.25) is 0 Å². The molecule has 0 aliphatic rings. The summed E-state index contributed by atoms with van der Waals surface area (Å²) in [6.07, 6.45) is 1.73. The van der Waals surface area contributed by atoms with Crippen molar-refractivity contribution in [1.29, 1.82) is 0 Å². The molecule has 16 heavy (non-hydrogen) atoms. The van der Waals surface area contributed by atoms with Crippen molar-refractivity contribution in [2.75, 3.05) is 5.73 Å². The number of anilines is 1. The molecule has 3 aromatic rings. The van der Waals surface area contributed by atoms with E-state index in [2.05, 4.69) is 5.16 Å². The molecule has 0 fully saturated rings. The maximum Gasteiger partial charge on any atom is 0.222 e. The lowest BCUT2D eigenvalue weighted by molar-refractivity contribution is 0.439. The zero-order chi connectivity index (χ0) is 11.1. The number of furan rings is 1. The van der Waals surface area contributed by atoms with Crippen molar-refractivity contribution in [2.45, 2.75) is 6.92 Å². The second-order valence-corrected chi connectivity index (χ2v) is 3.72. The molecule has 0 aliphatic heterocycles. The first-order chi connectivity index (χ1) is 7.75. The number of nitrogen functional groups attached to an aromatic ring is 1. The molecule has 80 valence electrons. The molecule has 0 unspecified atom stereocenters. The van der Waals surface area contributed by atoms with Crippen molar-refractivity contribution in [3.8, 4) is 11.3 Å². The van der Waals surface area contributed by atoms with Gasteiger partial charge in [0.25, 0.3) is 0 Å². The second kappa shape index (κ2) is 3.13. The van der Waals surface area contributed by atoms with E-state index in [4.69, 9.17) is 14.7 Å². The van der Waals surface area contributed by atoms with Gasteiger partial charge in [-0.3, -0.25) is 0 Å². The standard InChI is InChI=1S/C12H10N2O2/c1-7-6-15-12-8(7)3-2-4-9(12)10-5-11(13)16-14-10/h2-6H,13H2,1H3. The fraction of sp³-hybridized carbons (Fsp3) is 0.0833. The minimum atomic E-state index is 0.301. The Labute approximate surface area is 91.6 Å². The Balaban J connectivity index is 2.31. The lowest BCUT2D eigenvalue weighted by Gasteiger charge is -1.96. The molecule has 0 aliphatic carbocycles. The van der Waals surface area contributed by atoms with Crippen LogP contribution in [0.5, 0.6) is 0 Å². The van der Waals surface area contributed by atoms with E-state index in [9.17, 15) is 0 Å². The first-order valence-electron chi connectivity index (χ1n) is 4.95. The Bertz CT molecular complexity index is 652. The SMILES string of the molecule is Cc1coc2c(-c3cc(N)on3)cccc12. The first-order valence-corrected chi connectivity index (χ1v) is 4.95. The van der Waals surface area contributed by atoms with Crippen molar-refractivity contribution < 1.29 is 8.94 Å². The van der Waals surface area contributed by atoms with E-state index in [1.54, 1.807) is 12.3 Å². The molecule has 2 heterocycles. The number of benzene rings is 1. The predicted octanol–water partition coefficient (Wildman–Crippen LogP) is 2.98. The third-order valence-electron chi connectivity index (χ3n) is 2.60. The molecule has 1 aromatic carbocycles. The summed E-state index contributed by atoms with van der Waals surface area (Å²) < 4.78 is 10.4. The molecule has 4 nitrogen and oxygen atoms in total. The molecule has 2 aromatic heterocycles. The molecule has 4 heteroatoms. The van der Waals surface area contributed by atoms with Crippen LogP contribution in [0.1, 0.15) is 5.56 Å². The van der Waals surface area contributed by atoms with Crippen LogP contribution >= 0.6 is 0 Å². The molecule has 0 amide bonds. The maximum atomic E-state index is 5.52. The van der Waals surface area contributed by atoms with E-state index >= 15 is 0 Å². The number of rotatable bonds is 1. The van der Waals surface area contributed by atoms with Crippen molar-refractivity contribution in [3.63, 3.8) is 0 Å². The first kappa shape index (κ1) is 9.03. The zero-order valence-electron chi connectivity index (χ0n) is 8.73. The smallest absolute Gasteiger partial charge is 0.222 e. The highest BCUT2D eigenvalue weighted by Gasteiger charge is 2.12. The molecule has 2 N–H and O–H groups in total. The maximum absolute atomic E-state index is 5.52. The van der Waals surface area contributed by atoms with Gasteiger partial charge in [0.15, 0.2) is 0 Å². The molecule has 0 atom stereocenters. The van der Waals surface area contributed by atoms with Crippen LogP contribution in [0.3, 0.4) is 0 Å². The number of para-hydroxylation sites is 1. The summed E-state index contributed by atoms with van der Waals surface area (Å²) in [6.45, 7) is 2.01. The van der Waals surface area contributed by atoms with Crippen molar-refractivity contribution >= 4 is 16.9 Å². The van der Waals surface area contributed by atoms with Crippen LogP contribution in [0.25, 0.3) is 22.2 Å². The molecule has 0 bridgehead atoms. The lowest BCUT2D eigenvalue weighted by Crippen LogP contribution is -1.78. The summed E-state index contributed by atoms with van der Waals surface area (Å²) in [6, 6.07) is 7.60. The van der Waals surface area contributed by atoms with E-state index < -0.39 is 0 Å². The summed E-state index contributed by atoms with van der Waals surface area (Å²) >= 11 is 0. The Kier molecular flexibility index (Phi) is 1.77. The number of aryl methyl sites for hydroxylation is 1. The largest absolute Gasteiger partial charge is 0.463 e. The molecule has 0 spiro atoms. The van der Waals surface area contributed by atoms with Gasteiger partial charge in [-0.15, -0.1) is 0 Å². The molecular formula is C12H10N2O2. The number of fused-ring (bicyclic) bond motifs is 1. The molecule has 3 rings (SSSR count). The summed E-state index contributed by atoms with van der Waals surface area (Å²) in [4.78, 5) is 0. The van der Waals surface area contributed by atoms with E-state index in [1.807, 2.05) is 25.1 Å². The third kappa shape index (κ3) is 1.20. The van der Waals surface area contributed by atoms with Crippen molar-refractivity contribution in [2.24, 2.45) is 0 Å². The van der Waals surface area contributed by atoms with Gasteiger partial charge in [0, 0.05) is 17.0 Å². The molecule has 0 radical (unpaired) electrons. The number of hydrogen-bond donors (Lipinski definition) is 1. The molecule has 0 saturated carbocycles. The molecular weight excluding hydrogens is 204 g/mol. The summed E-state index contributed by atoms with van der Waals surface area (Å²) in [7, 11) is 0. The highest BCUT2D eigenvalue weighted by Crippen LogP contribution is 2.31. The van der Waals surface area contributed by atoms with Gasteiger partial charge in [0.1, 0.15) is 11.3 Å². The quantitative estimate of drug-likeness (QED) is 0.676. The lowest BCUT2D eigenvalue weighted by atomic mass is 10.1. The van der Waals surface area contributed by atoms with E-state index in [0.29, 0.717) is 11.6 Å². The Morgan fingerprint density at radius 2 is 2.19 bits per heavy atom. The van der Waals surface area contributed by atoms with Crippen LogP contribution < -0.4 is 5.73 Å². The van der Waals surface area contributed by atoms with Crippen LogP contribution in [0.15, 0.2) is 39.5 Å². The van der Waals surface area contributed by atoms with Crippen LogP contribution in [-0.4, -0.2) is 5.16 Å². The normalized spacial score (nSPS) is 11.1. The fourth-order valence-electron chi connectivity index (χ4n) is 1.80. The summed E-state index contributed by atoms with van der Waals surface area (Å²) in [5, 5.41) is 4.97. The van der Waals surface area contributed by atoms with Gasteiger partial charge >= 0.3 is 0 Å². The van der Waals surface area contributed by atoms with Gasteiger partial charge in [0.2, 0.25) is 5.88 Å². The van der Waals surface area contributed by atoms with Gasteiger partial charge in [-0.1, -0.05) is 17.3 Å². The third-order valence-corrected chi connectivity index (χ3v) is 2.60. The number of nitrogens with zero attached hydrogens (tertiary/aromatic N) is 1. The van der Waals surface area contributed by atoms with Crippen LogP contribution in [-0.2, 0) is 0 Å². The minimum absolute atomic E-state index is 0.301. The Morgan fingerprint density at radius 1 is 1.31 bits per heavy atom. The van der Waals surface area contributed by atoms with Crippen LogP contribution in [0, 0.1) is 6.92 Å². The van der Waals surface area contributed by atoms with Crippen molar-refractivity contribution in [1.82, 2.24) is 5.16 Å². The van der Waals surface area contributed by atoms with Gasteiger partial charge in [-0.2, -0.15) is 0 Å². The number of aromatic nitrogens is 1. The molecule has 0 saturated heterocycles. The van der Waals surface area contributed by atoms with Gasteiger partial charge in [-0.05, 0) is 18.6 Å². The van der Waals surface area contributed by atoms with Crippen molar-refractivity contribution in [3.05, 3.63) is 36.1 Å². The predicted molar refractivity (Wildman–Crippen MR) is 60.9 cm³/mol. The number of nitrogens with two attached hydrogens (primary N) is 1. The summed E-state index contributed by atoms with van der Waals surface area (Å²) in [5.74, 6) is 0.301. The average molecular weight is 214 g/mol. The van der Waals surface area contributed by atoms with E-state index in [0.717, 1.165) is 22.1 Å². The Hall–Kier alpha value is -2.23. The zero-order valence-corrected chi connectivity index (χ0v) is 8.73.